The van der Waals surface area contributed by atoms with Crippen molar-refractivity contribution < 1.29 is 14.3 Å². The number of nitrogens with two attached hydrogens (primary N) is 1. The van der Waals surface area contributed by atoms with Crippen LogP contribution in [0.25, 0.3) is 0 Å². The van der Waals surface area contributed by atoms with E-state index in [4.69, 9.17) is 15.3 Å². The molecule has 0 aliphatic heterocycles. The highest BCUT2D eigenvalue weighted by molar-refractivity contribution is 5.89. The van der Waals surface area contributed by atoms with Gasteiger partial charge in [0.15, 0.2) is 0 Å². The minimum Gasteiger partial charge on any atom is -0.478 e. The Kier molecular flexibility index (Phi) is 3.37. The lowest BCUT2D eigenvalue weighted by Gasteiger charge is -2.06. The van der Waals surface area contributed by atoms with Crippen LogP contribution < -0.4 is 11.1 Å². The van der Waals surface area contributed by atoms with Crippen LogP contribution in [0.4, 0.5) is 11.5 Å². The van der Waals surface area contributed by atoms with Gasteiger partial charge in [-0.25, -0.2) is 14.8 Å². The minimum absolute atomic E-state index is 0.0471. The van der Waals surface area contributed by atoms with Gasteiger partial charge in [0.05, 0.1) is 23.5 Å². The third-order valence-corrected chi connectivity index (χ3v) is 2.64. The van der Waals surface area contributed by atoms with Crippen molar-refractivity contribution in [2.75, 3.05) is 11.1 Å². The van der Waals surface area contributed by atoms with Crippen LogP contribution in [0.2, 0.25) is 0 Å². The number of nitrogens with zero attached hydrogens (tertiary/aromatic N) is 2. The molecule has 100 valence electrons. The Morgan fingerprint density at radius 3 is 2.79 bits per heavy atom. The maximum atomic E-state index is 10.7. The number of hydrogen-bond donors (Lipinski definition) is 3. The van der Waals surface area contributed by atoms with E-state index in [1.165, 1.54) is 12.3 Å². The summed E-state index contributed by atoms with van der Waals surface area (Å²) in [4.78, 5) is 18.9. The van der Waals surface area contributed by atoms with Crippen LogP contribution in [0.5, 0.6) is 0 Å². The van der Waals surface area contributed by atoms with Crippen LogP contribution in [0, 0.1) is 13.8 Å². The zero-order chi connectivity index (χ0) is 14.0. The maximum Gasteiger partial charge on any atom is 0.337 e. The zero-order valence-electron chi connectivity index (χ0n) is 10.6. The van der Waals surface area contributed by atoms with Crippen molar-refractivity contribution in [1.29, 1.82) is 0 Å². The number of pyridine rings is 1. The number of aryl methyl sites for hydroxylation is 2. The number of carboxylic acid groups (broad SMARTS) is 1. The smallest absolute Gasteiger partial charge is 0.337 e. The van der Waals surface area contributed by atoms with E-state index in [1.54, 1.807) is 0 Å². The molecule has 0 fully saturated rings. The average molecular weight is 262 g/mol. The SMILES string of the molecule is Cc1nc(CNc2ncc(C(=O)O)cc2N)oc1C. The highest BCUT2D eigenvalue weighted by Gasteiger charge is 2.09. The van der Waals surface area contributed by atoms with E-state index in [1.807, 2.05) is 13.8 Å². The van der Waals surface area contributed by atoms with Crippen LogP contribution in [0.1, 0.15) is 27.7 Å². The van der Waals surface area contributed by atoms with E-state index in [0.29, 0.717) is 18.3 Å². The van der Waals surface area contributed by atoms with Crippen molar-refractivity contribution in [3.8, 4) is 0 Å². The molecule has 2 heterocycles. The second-order valence-electron chi connectivity index (χ2n) is 4.07. The van der Waals surface area contributed by atoms with Gasteiger partial charge in [-0.05, 0) is 19.9 Å². The first-order valence-electron chi connectivity index (χ1n) is 5.63. The molecule has 0 amide bonds. The Morgan fingerprint density at radius 1 is 1.53 bits per heavy atom. The molecule has 0 aliphatic carbocycles. The molecule has 19 heavy (non-hydrogen) atoms. The Bertz CT molecular complexity index is 602. The van der Waals surface area contributed by atoms with E-state index < -0.39 is 5.97 Å². The van der Waals surface area contributed by atoms with Gasteiger partial charge in [-0.15, -0.1) is 0 Å². The Labute approximate surface area is 109 Å². The van der Waals surface area contributed by atoms with Gasteiger partial charge in [0.2, 0.25) is 5.89 Å². The molecule has 2 aromatic rings. The van der Waals surface area contributed by atoms with Gasteiger partial charge in [0, 0.05) is 6.20 Å². The Morgan fingerprint density at radius 2 is 2.26 bits per heavy atom. The standard InChI is InChI=1S/C12H14N4O3/c1-6-7(2)19-10(16-6)5-15-11-9(13)3-8(4-14-11)12(17)18/h3-4H,5,13H2,1-2H3,(H,14,15)(H,17,18). The van der Waals surface area contributed by atoms with Gasteiger partial charge >= 0.3 is 5.97 Å². The van der Waals surface area contributed by atoms with Gasteiger partial charge in [-0.1, -0.05) is 0 Å². The monoisotopic (exact) mass is 262 g/mol. The van der Waals surface area contributed by atoms with Crippen LogP contribution in [-0.2, 0) is 6.54 Å². The fourth-order valence-electron chi connectivity index (χ4n) is 1.52. The molecule has 0 spiro atoms. The number of oxazole rings is 1. The van der Waals surface area contributed by atoms with E-state index in [2.05, 4.69) is 15.3 Å². The topological polar surface area (TPSA) is 114 Å². The van der Waals surface area contributed by atoms with Gasteiger partial charge < -0.3 is 20.6 Å². The molecule has 0 atom stereocenters. The van der Waals surface area contributed by atoms with Crippen LogP contribution in [0.15, 0.2) is 16.7 Å². The van der Waals surface area contributed by atoms with Gasteiger partial charge in [-0.3, -0.25) is 0 Å². The van der Waals surface area contributed by atoms with Crippen LogP contribution in [-0.4, -0.2) is 21.0 Å². The lowest BCUT2D eigenvalue weighted by atomic mass is 10.2. The van der Waals surface area contributed by atoms with Gasteiger partial charge in [-0.2, -0.15) is 0 Å². The summed E-state index contributed by atoms with van der Waals surface area (Å²) in [6.07, 6.45) is 1.24. The molecule has 0 aliphatic rings. The summed E-state index contributed by atoms with van der Waals surface area (Å²) in [6, 6.07) is 1.35. The van der Waals surface area contributed by atoms with E-state index >= 15 is 0 Å². The lowest BCUT2D eigenvalue weighted by molar-refractivity contribution is 0.0696. The zero-order valence-corrected chi connectivity index (χ0v) is 10.6. The molecule has 4 N–H and O–H groups in total. The number of hydrogen-bond acceptors (Lipinski definition) is 6. The van der Waals surface area contributed by atoms with Crippen molar-refractivity contribution in [2.24, 2.45) is 0 Å². The summed E-state index contributed by atoms with van der Waals surface area (Å²) in [5.74, 6) is 0.626. The number of carbonyl (C=O) groups is 1. The third kappa shape index (κ3) is 2.82. The number of carboxylic acids is 1. The molecule has 0 saturated carbocycles. The number of rotatable bonds is 4. The predicted molar refractivity (Wildman–Crippen MR) is 68.9 cm³/mol. The molecule has 2 rings (SSSR count). The Hall–Kier alpha value is -2.57. The fraction of sp³-hybridized carbons (Fsp3) is 0.250. The molecule has 0 bridgehead atoms. The quantitative estimate of drug-likeness (QED) is 0.766. The fourth-order valence-corrected chi connectivity index (χ4v) is 1.52. The van der Waals surface area contributed by atoms with Crippen molar-refractivity contribution in [3.63, 3.8) is 0 Å². The van der Waals surface area contributed by atoms with Crippen molar-refractivity contribution in [1.82, 2.24) is 9.97 Å². The average Bonchev–Trinajstić information content (AvgIpc) is 2.67. The Balaban J connectivity index is 2.09. The molecular weight excluding hydrogens is 248 g/mol. The lowest BCUT2D eigenvalue weighted by Crippen LogP contribution is -2.07. The van der Waals surface area contributed by atoms with Crippen molar-refractivity contribution in [3.05, 3.63) is 35.2 Å². The van der Waals surface area contributed by atoms with E-state index in [-0.39, 0.29) is 11.3 Å². The molecule has 7 heteroatoms. The molecule has 7 nitrogen and oxygen atoms in total. The molecule has 0 saturated heterocycles. The summed E-state index contributed by atoms with van der Waals surface area (Å²) in [7, 11) is 0. The molecule has 0 aromatic carbocycles. The largest absolute Gasteiger partial charge is 0.478 e. The number of aromatic carboxylic acids is 1. The van der Waals surface area contributed by atoms with Crippen LogP contribution in [0.3, 0.4) is 0 Å². The number of nitrogens with one attached hydrogen (secondary N) is 1. The van der Waals surface area contributed by atoms with Gasteiger partial charge in [0.1, 0.15) is 11.6 Å². The highest BCUT2D eigenvalue weighted by Crippen LogP contribution is 2.17. The first kappa shape index (κ1) is 12.9. The van der Waals surface area contributed by atoms with E-state index in [9.17, 15) is 4.79 Å². The van der Waals surface area contributed by atoms with Gasteiger partial charge in [0.25, 0.3) is 0 Å². The maximum absolute atomic E-state index is 10.7. The summed E-state index contributed by atoms with van der Waals surface area (Å²) in [5.41, 5.74) is 6.86. The first-order chi connectivity index (χ1) is 8.97. The number of anilines is 2. The van der Waals surface area contributed by atoms with E-state index in [0.717, 1.165) is 11.5 Å². The summed E-state index contributed by atoms with van der Waals surface area (Å²) in [5, 5.41) is 11.8. The van der Waals surface area contributed by atoms with Crippen LogP contribution >= 0.6 is 0 Å². The van der Waals surface area contributed by atoms with Crippen molar-refractivity contribution in [2.45, 2.75) is 20.4 Å². The van der Waals surface area contributed by atoms with Crippen molar-refractivity contribution >= 4 is 17.5 Å². The summed E-state index contributed by atoms with van der Waals surface area (Å²) in [6.45, 7) is 4.02. The second kappa shape index (κ2) is 4.97. The predicted octanol–water partition coefficient (Wildman–Crippen LogP) is 1.58. The summed E-state index contributed by atoms with van der Waals surface area (Å²) < 4.78 is 5.40. The molecule has 0 unspecified atom stereocenters. The molecule has 0 radical (unpaired) electrons. The molecular formula is C12H14N4O3. The first-order valence-corrected chi connectivity index (χ1v) is 5.63. The number of nitrogen functional groups attached to an aromatic ring is 1. The normalized spacial score (nSPS) is 10.4. The third-order valence-electron chi connectivity index (χ3n) is 2.64. The highest BCUT2D eigenvalue weighted by atomic mass is 16.4. The minimum atomic E-state index is -1.07. The molecule has 2 aromatic heterocycles. The summed E-state index contributed by atoms with van der Waals surface area (Å²) >= 11 is 0. The second-order valence-corrected chi connectivity index (χ2v) is 4.07. The number of aromatic nitrogens is 2.